The minimum absolute atomic E-state index is 0.215. The van der Waals surface area contributed by atoms with Gasteiger partial charge in [-0.2, -0.15) is 0 Å². The Morgan fingerprint density at radius 2 is 2.09 bits per heavy atom. The summed E-state index contributed by atoms with van der Waals surface area (Å²) in [6.07, 6.45) is 4.43. The van der Waals surface area contributed by atoms with Crippen molar-refractivity contribution in [1.29, 1.82) is 0 Å². The number of likely N-dealkylation sites (N-methyl/N-ethyl adjacent to an activating group) is 1. The van der Waals surface area contributed by atoms with Crippen LogP contribution in [0.15, 0.2) is 24.5 Å². The van der Waals surface area contributed by atoms with E-state index in [1.807, 2.05) is 29.9 Å². The van der Waals surface area contributed by atoms with Gasteiger partial charge in [0.1, 0.15) is 5.69 Å². The van der Waals surface area contributed by atoms with Gasteiger partial charge in [-0.25, -0.2) is 4.98 Å². The zero-order valence-electron chi connectivity index (χ0n) is 13.1. The van der Waals surface area contributed by atoms with Crippen LogP contribution < -0.4 is 4.90 Å². The molecule has 1 unspecified atom stereocenters. The Balaban J connectivity index is 1.74. The zero-order chi connectivity index (χ0) is 15.5. The van der Waals surface area contributed by atoms with E-state index in [2.05, 4.69) is 32.0 Å². The topological polar surface area (TPSA) is 70.3 Å². The van der Waals surface area contributed by atoms with Crippen LogP contribution in [0.2, 0.25) is 0 Å². The average Bonchev–Trinajstić information content (AvgIpc) is 2.96. The van der Waals surface area contributed by atoms with E-state index in [1.165, 1.54) is 0 Å². The van der Waals surface area contributed by atoms with Crippen LogP contribution in [0.3, 0.4) is 0 Å². The van der Waals surface area contributed by atoms with Crippen LogP contribution in [-0.2, 0) is 7.05 Å². The van der Waals surface area contributed by atoms with E-state index >= 15 is 0 Å². The number of hydrogen-bond acceptors (Lipinski definition) is 6. The number of aryl methyl sites for hydroxylation is 1. The first-order chi connectivity index (χ1) is 10.7. The lowest BCUT2D eigenvalue weighted by Crippen LogP contribution is -2.52. The first-order valence-corrected chi connectivity index (χ1v) is 7.56. The summed E-state index contributed by atoms with van der Waals surface area (Å²) in [6.45, 7) is 2.97. The normalized spacial score (nSPS) is 19.6. The molecule has 1 atom stereocenters. The van der Waals surface area contributed by atoms with Crippen LogP contribution in [0.1, 0.15) is 6.42 Å². The first kappa shape index (κ1) is 14.9. The molecule has 118 valence electrons. The van der Waals surface area contributed by atoms with Gasteiger partial charge in [-0.15, -0.1) is 10.2 Å². The van der Waals surface area contributed by atoms with Crippen molar-refractivity contribution in [2.45, 2.75) is 12.5 Å². The van der Waals surface area contributed by atoms with Crippen molar-refractivity contribution in [2.24, 2.45) is 7.05 Å². The van der Waals surface area contributed by atoms with Crippen molar-refractivity contribution in [3.63, 3.8) is 0 Å². The third-order valence-corrected chi connectivity index (χ3v) is 4.26. The van der Waals surface area contributed by atoms with Crippen LogP contribution in [0, 0.1) is 0 Å². The lowest BCUT2D eigenvalue weighted by atomic mass is 10.1. The second-order valence-electron chi connectivity index (χ2n) is 5.73. The molecule has 0 amide bonds. The maximum atomic E-state index is 9.18. The van der Waals surface area contributed by atoms with Crippen LogP contribution in [0.5, 0.6) is 0 Å². The fraction of sp³-hybridized carbons (Fsp3) is 0.533. The predicted octanol–water partition coefficient (Wildman–Crippen LogP) is 0.380. The number of imidazole rings is 1. The molecular formula is C15H22N6O. The van der Waals surface area contributed by atoms with E-state index in [9.17, 15) is 5.11 Å². The van der Waals surface area contributed by atoms with Crippen molar-refractivity contribution >= 4 is 5.82 Å². The molecule has 1 aliphatic rings. The van der Waals surface area contributed by atoms with Gasteiger partial charge in [0.05, 0.1) is 0 Å². The number of piperazine rings is 1. The first-order valence-electron chi connectivity index (χ1n) is 7.56. The van der Waals surface area contributed by atoms with Gasteiger partial charge < -0.3 is 14.6 Å². The maximum absolute atomic E-state index is 9.18. The van der Waals surface area contributed by atoms with Crippen molar-refractivity contribution < 1.29 is 5.11 Å². The number of rotatable bonds is 4. The molecule has 2 aromatic heterocycles. The summed E-state index contributed by atoms with van der Waals surface area (Å²) in [7, 11) is 4.05. The Morgan fingerprint density at radius 3 is 2.73 bits per heavy atom. The summed E-state index contributed by atoms with van der Waals surface area (Å²) in [5.41, 5.74) is 0.775. The highest BCUT2D eigenvalue weighted by Gasteiger charge is 2.24. The minimum atomic E-state index is 0.215. The van der Waals surface area contributed by atoms with Crippen LogP contribution in [-0.4, -0.2) is 69.1 Å². The molecule has 0 radical (unpaired) electrons. The molecule has 1 N–H and O–H groups in total. The Labute approximate surface area is 130 Å². The number of hydrogen-bond donors (Lipinski definition) is 1. The van der Waals surface area contributed by atoms with Crippen molar-refractivity contribution in [3.05, 3.63) is 24.5 Å². The highest BCUT2D eigenvalue weighted by molar-refractivity contribution is 5.52. The fourth-order valence-corrected chi connectivity index (χ4v) is 2.84. The lowest BCUT2D eigenvalue weighted by molar-refractivity contribution is 0.170. The van der Waals surface area contributed by atoms with E-state index in [0.717, 1.165) is 43.4 Å². The highest BCUT2D eigenvalue weighted by atomic mass is 16.3. The van der Waals surface area contributed by atoms with E-state index < -0.39 is 0 Å². The molecule has 22 heavy (non-hydrogen) atoms. The summed E-state index contributed by atoms with van der Waals surface area (Å²) >= 11 is 0. The number of aliphatic hydroxyl groups excluding tert-OH is 1. The predicted molar refractivity (Wildman–Crippen MR) is 84.6 cm³/mol. The van der Waals surface area contributed by atoms with Gasteiger partial charge in [0.15, 0.2) is 11.6 Å². The van der Waals surface area contributed by atoms with E-state index in [1.54, 1.807) is 6.20 Å². The average molecular weight is 302 g/mol. The molecule has 2 aromatic rings. The smallest absolute Gasteiger partial charge is 0.160 e. The van der Waals surface area contributed by atoms with Gasteiger partial charge in [0.2, 0.25) is 0 Å². The summed E-state index contributed by atoms with van der Waals surface area (Å²) in [4.78, 5) is 8.81. The standard InChI is InChI=1S/C15H22N6O/c1-19-8-9-21(11-12(19)5-10-22)14-4-3-13(17-18-14)15-16-6-7-20(15)2/h3-4,6-7,12,22H,5,8-11H2,1-2H3. The summed E-state index contributed by atoms with van der Waals surface area (Å²) in [6, 6.07) is 4.32. The molecule has 0 spiro atoms. The molecule has 0 aliphatic carbocycles. The van der Waals surface area contributed by atoms with Gasteiger partial charge in [-0.05, 0) is 25.6 Å². The molecule has 0 saturated carbocycles. The quantitative estimate of drug-likeness (QED) is 0.880. The number of aliphatic hydroxyl groups is 1. The molecule has 0 aromatic carbocycles. The summed E-state index contributed by atoms with van der Waals surface area (Å²) < 4.78 is 1.93. The Hall–Kier alpha value is -1.99. The fourth-order valence-electron chi connectivity index (χ4n) is 2.84. The van der Waals surface area contributed by atoms with Gasteiger partial charge in [0, 0.05) is 51.7 Å². The highest BCUT2D eigenvalue weighted by Crippen LogP contribution is 2.19. The van der Waals surface area contributed by atoms with E-state index in [4.69, 9.17) is 0 Å². The summed E-state index contributed by atoms with van der Waals surface area (Å²) in [5.74, 6) is 1.70. The number of anilines is 1. The molecule has 1 saturated heterocycles. The summed E-state index contributed by atoms with van der Waals surface area (Å²) in [5, 5.41) is 17.8. The monoisotopic (exact) mass is 302 g/mol. The lowest BCUT2D eigenvalue weighted by Gasteiger charge is -2.39. The largest absolute Gasteiger partial charge is 0.396 e. The van der Waals surface area contributed by atoms with Gasteiger partial charge in [-0.1, -0.05) is 0 Å². The molecule has 7 heteroatoms. The van der Waals surface area contributed by atoms with Gasteiger partial charge in [0.25, 0.3) is 0 Å². The van der Waals surface area contributed by atoms with E-state index in [0.29, 0.717) is 6.04 Å². The minimum Gasteiger partial charge on any atom is -0.396 e. The third kappa shape index (κ3) is 2.95. The van der Waals surface area contributed by atoms with Crippen LogP contribution >= 0.6 is 0 Å². The van der Waals surface area contributed by atoms with Crippen LogP contribution in [0.4, 0.5) is 5.82 Å². The number of nitrogens with zero attached hydrogens (tertiary/aromatic N) is 6. The SMILES string of the molecule is CN1CCN(c2ccc(-c3nccn3C)nn2)CC1CCO. The van der Waals surface area contributed by atoms with Crippen LogP contribution in [0.25, 0.3) is 11.5 Å². The number of aromatic nitrogens is 4. The van der Waals surface area contributed by atoms with E-state index in [-0.39, 0.29) is 6.61 Å². The molecule has 3 heterocycles. The van der Waals surface area contributed by atoms with Gasteiger partial charge in [-0.3, -0.25) is 4.90 Å². The Bertz CT molecular complexity index is 611. The van der Waals surface area contributed by atoms with Gasteiger partial charge >= 0.3 is 0 Å². The Morgan fingerprint density at radius 1 is 1.23 bits per heavy atom. The molecule has 1 aliphatic heterocycles. The second kappa shape index (κ2) is 6.41. The third-order valence-electron chi connectivity index (χ3n) is 4.26. The van der Waals surface area contributed by atoms with Crippen molar-refractivity contribution in [2.75, 3.05) is 38.2 Å². The molecule has 1 fully saturated rings. The molecular weight excluding hydrogens is 280 g/mol. The van der Waals surface area contributed by atoms with Crippen molar-refractivity contribution in [1.82, 2.24) is 24.6 Å². The van der Waals surface area contributed by atoms with Crippen molar-refractivity contribution in [3.8, 4) is 11.5 Å². The second-order valence-corrected chi connectivity index (χ2v) is 5.73. The molecule has 7 nitrogen and oxygen atoms in total. The molecule has 3 rings (SSSR count). The maximum Gasteiger partial charge on any atom is 0.160 e. The molecule has 0 bridgehead atoms. The Kier molecular flexibility index (Phi) is 4.35. The zero-order valence-corrected chi connectivity index (χ0v) is 13.1.